The summed E-state index contributed by atoms with van der Waals surface area (Å²) in [6.45, 7) is 3.30. The van der Waals surface area contributed by atoms with Crippen molar-refractivity contribution < 1.29 is 9.63 Å². The molecule has 1 aromatic carbocycles. The molecular weight excluding hydrogens is 234 g/mol. The molecule has 0 aliphatic carbocycles. The first-order valence-electron chi connectivity index (χ1n) is 5.82. The Hall–Kier alpha value is -1.00. The van der Waals surface area contributed by atoms with Crippen molar-refractivity contribution in [3.05, 3.63) is 29.3 Å². The van der Waals surface area contributed by atoms with Gasteiger partial charge in [-0.2, -0.15) is 0 Å². The summed E-state index contributed by atoms with van der Waals surface area (Å²) in [7, 11) is 0. The smallest absolute Gasteiger partial charge is 0.271 e. The van der Waals surface area contributed by atoms with Crippen LogP contribution in [0.3, 0.4) is 0 Å². The number of rotatable bonds is 2. The molecule has 3 nitrogen and oxygen atoms in total. The summed E-state index contributed by atoms with van der Waals surface area (Å²) < 4.78 is 0. The fraction of sp³-hybridized carbons (Fsp3) is 0.462. The lowest BCUT2D eigenvalue weighted by Crippen LogP contribution is -2.36. The number of amides is 1. The van der Waals surface area contributed by atoms with E-state index in [4.69, 9.17) is 4.84 Å². The van der Waals surface area contributed by atoms with Crippen LogP contribution in [0.2, 0.25) is 0 Å². The second-order valence-corrected chi connectivity index (χ2v) is 5.01. The highest BCUT2D eigenvalue weighted by Crippen LogP contribution is 2.21. The lowest BCUT2D eigenvalue weighted by atomic mass is 10.1. The summed E-state index contributed by atoms with van der Waals surface area (Å²) in [5.74, 6) is -0.0156. The first-order valence-corrected chi connectivity index (χ1v) is 7.04. The molecule has 0 atom stereocenters. The monoisotopic (exact) mass is 251 g/mol. The van der Waals surface area contributed by atoms with Crippen LogP contribution in [0.15, 0.2) is 23.1 Å². The van der Waals surface area contributed by atoms with E-state index in [9.17, 15) is 4.79 Å². The van der Waals surface area contributed by atoms with Gasteiger partial charge in [-0.15, -0.1) is 11.8 Å². The third-order valence-corrected chi connectivity index (χ3v) is 3.63. The number of carbonyl (C=O) groups is 1. The summed E-state index contributed by atoms with van der Waals surface area (Å²) >= 11 is 1.64. The van der Waals surface area contributed by atoms with Crippen LogP contribution in [0.4, 0.5) is 0 Å². The Balaban J connectivity index is 2.22. The Morgan fingerprint density at radius 1 is 1.41 bits per heavy atom. The molecule has 0 N–H and O–H groups in total. The maximum Gasteiger partial charge on any atom is 0.277 e. The predicted molar refractivity (Wildman–Crippen MR) is 69.2 cm³/mol. The third-order valence-electron chi connectivity index (χ3n) is 2.90. The van der Waals surface area contributed by atoms with Crippen LogP contribution in [0.25, 0.3) is 0 Å². The molecule has 92 valence electrons. The van der Waals surface area contributed by atoms with E-state index in [1.54, 1.807) is 11.8 Å². The largest absolute Gasteiger partial charge is 0.277 e. The van der Waals surface area contributed by atoms with E-state index in [0.717, 1.165) is 28.9 Å². The standard InChI is InChI=1S/C13H17NO2S/c1-10-5-6-11(17-2)9-12(10)13(15)14-7-3-4-8-16-14/h5-6,9H,3-4,7-8H2,1-2H3. The van der Waals surface area contributed by atoms with Gasteiger partial charge >= 0.3 is 0 Å². The topological polar surface area (TPSA) is 29.5 Å². The van der Waals surface area contributed by atoms with Crippen LogP contribution >= 0.6 is 11.8 Å². The number of hydrogen-bond donors (Lipinski definition) is 0. The van der Waals surface area contributed by atoms with Crippen molar-refractivity contribution in [1.82, 2.24) is 5.06 Å². The molecule has 1 aliphatic rings. The fourth-order valence-corrected chi connectivity index (χ4v) is 2.29. The van der Waals surface area contributed by atoms with Gasteiger partial charge < -0.3 is 0 Å². The van der Waals surface area contributed by atoms with E-state index in [1.165, 1.54) is 5.06 Å². The molecule has 1 heterocycles. The van der Waals surface area contributed by atoms with Crippen molar-refractivity contribution in [2.24, 2.45) is 0 Å². The Labute approximate surface area is 106 Å². The van der Waals surface area contributed by atoms with Crippen LogP contribution in [0.5, 0.6) is 0 Å². The summed E-state index contributed by atoms with van der Waals surface area (Å²) in [5.41, 5.74) is 1.75. The molecule has 0 aromatic heterocycles. The Bertz CT molecular complexity index is 414. The van der Waals surface area contributed by atoms with E-state index in [1.807, 2.05) is 31.4 Å². The van der Waals surface area contributed by atoms with Crippen LogP contribution in [0, 0.1) is 6.92 Å². The molecule has 0 saturated carbocycles. The molecular formula is C13H17NO2S. The molecule has 1 amide bonds. The molecule has 1 fully saturated rings. The number of carbonyl (C=O) groups excluding carboxylic acids is 1. The molecule has 17 heavy (non-hydrogen) atoms. The second kappa shape index (κ2) is 5.56. The van der Waals surface area contributed by atoms with Gasteiger partial charge in [0.2, 0.25) is 0 Å². The zero-order valence-electron chi connectivity index (χ0n) is 10.2. The molecule has 2 rings (SSSR count). The van der Waals surface area contributed by atoms with E-state index in [2.05, 4.69) is 0 Å². The minimum atomic E-state index is -0.0156. The van der Waals surface area contributed by atoms with Crippen molar-refractivity contribution in [2.45, 2.75) is 24.7 Å². The summed E-state index contributed by atoms with van der Waals surface area (Å²) in [4.78, 5) is 18.8. The SMILES string of the molecule is CSc1ccc(C)c(C(=O)N2CCCCO2)c1. The van der Waals surface area contributed by atoms with E-state index in [0.29, 0.717) is 13.2 Å². The summed E-state index contributed by atoms with van der Waals surface area (Å²) in [5, 5.41) is 1.50. The Kier molecular flexibility index (Phi) is 4.07. The minimum absolute atomic E-state index is 0.0156. The van der Waals surface area contributed by atoms with Crippen molar-refractivity contribution >= 4 is 17.7 Å². The van der Waals surface area contributed by atoms with Gasteiger partial charge in [0.25, 0.3) is 5.91 Å². The normalized spacial score (nSPS) is 16.0. The molecule has 1 aliphatic heterocycles. The zero-order valence-corrected chi connectivity index (χ0v) is 11.0. The Morgan fingerprint density at radius 3 is 2.88 bits per heavy atom. The number of thioether (sulfide) groups is 1. The van der Waals surface area contributed by atoms with Crippen molar-refractivity contribution in [3.63, 3.8) is 0 Å². The van der Waals surface area contributed by atoms with E-state index >= 15 is 0 Å². The first-order chi connectivity index (χ1) is 8.22. The van der Waals surface area contributed by atoms with E-state index < -0.39 is 0 Å². The number of hydroxylamine groups is 2. The van der Waals surface area contributed by atoms with Gasteiger partial charge in [0.15, 0.2) is 0 Å². The highest BCUT2D eigenvalue weighted by molar-refractivity contribution is 7.98. The fourth-order valence-electron chi connectivity index (χ4n) is 1.85. The van der Waals surface area contributed by atoms with Crippen LogP contribution < -0.4 is 0 Å². The van der Waals surface area contributed by atoms with Gasteiger partial charge in [-0.05, 0) is 43.7 Å². The molecule has 0 bridgehead atoms. The quantitative estimate of drug-likeness (QED) is 0.757. The van der Waals surface area contributed by atoms with Gasteiger partial charge in [-0.25, -0.2) is 5.06 Å². The lowest BCUT2D eigenvalue weighted by Gasteiger charge is -2.26. The van der Waals surface area contributed by atoms with Gasteiger partial charge in [0.1, 0.15) is 0 Å². The minimum Gasteiger partial charge on any atom is -0.271 e. The van der Waals surface area contributed by atoms with Gasteiger partial charge in [-0.1, -0.05) is 6.07 Å². The van der Waals surface area contributed by atoms with Crippen LogP contribution in [-0.4, -0.2) is 30.4 Å². The summed E-state index contributed by atoms with van der Waals surface area (Å²) in [6, 6.07) is 5.97. The zero-order chi connectivity index (χ0) is 12.3. The van der Waals surface area contributed by atoms with E-state index in [-0.39, 0.29) is 5.91 Å². The molecule has 0 spiro atoms. The number of benzene rings is 1. The van der Waals surface area contributed by atoms with Crippen molar-refractivity contribution in [2.75, 3.05) is 19.4 Å². The van der Waals surface area contributed by atoms with Gasteiger partial charge in [-0.3, -0.25) is 9.63 Å². The summed E-state index contributed by atoms with van der Waals surface area (Å²) in [6.07, 6.45) is 4.07. The maximum absolute atomic E-state index is 12.3. The van der Waals surface area contributed by atoms with Gasteiger partial charge in [0.05, 0.1) is 6.61 Å². The Morgan fingerprint density at radius 2 is 2.24 bits per heavy atom. The average molecular weight is 251 g/mol. The third kappa shape index (κ3) is 2.82. The molecule has 4 heteroatoms. The van der Waals surface area contributed by atoms with Crippen LogP contribution in [-0.2, 0) is 4.84 Å². The lowest BCUT2D eigenvalue weighted by molar-refractivity contribution is -0.144. The average Bonchev–Trinajstić information content (AvgIpc) is 2.39. The maximum atomic E-state index is 12.3. The first kappa shape index (κ1) is 12.5. The van der Waals surface area contributed by atoms with Crippen LogP contribution in [0.1, 0.15) is 28.8 Å². The highest BCUT2D eigenvalue weighted by Gasteiger charge is 2.21. The molecule has 0 radical (unpaired) electrons. The van der Waals surface area contributed by atoms with Crippen molar-refractivity contribution in [3.8, 4) is 0 Å². The molecule has 1 aromatic rings. The predicted octanol–water partition coefficient (Wildman–Crippen LogP) is 2.88. The number of nitrogens with zero attached hydrogens (tertiary/aromatic N) is 1. The molecule has 0 unspecified atom stereocenters. The number of hydrogen-bond acceptors (Lipinski definition) is 3. The molecule has 1 saturated heterocycles. The second-order valence-electron chi connectivity index (χ2n) is 4.13. The van der Waals surface area contributed by atoms with Crippen molar-refractivity contribution in [1.29, 1.82) is 0 Å². The highest BCUT2D eigenvalue weighted by atomic mass is 32.2. The van der Waals surface area contributed by atoms with Gasteiger partial charge in [0, 0.05) is 17.0 Å². The number of aryl methyl sites for hydroxylation is 1.